The summed E-state index contributed by atoms with van der Waals surface area (Å²) in [4.78, 5) is 0. The normalized spacial score (nSPS) is 28.6. The molecule has 3 unspecified atom stereocenters. The highest BCUT2D eigenvalue weighted by molar-refractivity contribution is 6.36. The molecule has 0 aliphatic heterocycles. The van der Waals surface area contributed by atoms with Crippen molar-refractivity contribution < 1.29 is 13.3 Å². The Morgan fingerprint density at radius 3 is 2.05 bits per heavy atom. The van der Waals surface area contributed by atoms with Crippen LogP contribution in [0.5, 0.6) is 0 Å². The number of allylic oxidation sites excluding steroid dienone is 4. The third-order valence-corrected chi connectivity index (χ3v) is 9.04. The standard InChI is InChI=1S/C16H30O3Si3/c1-11(2)9-20-17-16(18-21-10-12(3)4)19-22-15-8-13-5-6-14(15)7-13/h5-6,9-10,13-16H,7-8,20-22H2,1-4H3. The van der Waals surface area contributed by atoms with Crippen LogP contribution in [0.15, 0.2) is 34.7 Å². The third kappa shape index (κ3) is 6.10. The maximum Gasteiger partial charge on any atom is 0.242 e. The maximum atomic E-state index is 6.11. The van der Waals surface area contributed by atoms with E-state index in [9.17, 15) is 0 Å². The third-order valence-electron chi connectivity index (χ3n) is 4.31. The molecule has 0 aromatic rings. The molecule has 0 N–H and O–H groups in total. The van der Waals surface area contributed by atoms with Crippen molar-refractivity contribution in [3.63, 3.8) is 0 Å². The van der Waals surface area contributed by atoms with Crippen molar-refractivity contribution in [2.24, 2.45) is 11.8 Å². The second kappa shape index (κ2) is 9.15. The Morgan fingerprint density at radius 2 is 1.59 bits per heavy atom. The van der Waals surface area contributed by atoms with Gasteiger partial charge in [-0.25, -0.2) is 0 Å². The van der Waals surface area contributed by atoms with E-state index in [-0.39, 0.29) is 6.48 Å². The highest BCUT2D eigenvalue weighted by Gasteiger charge is 2.36. The van der Waals surface area contributed by atoms with Gasteiger partial charge >= 0.3 is 0 Å². The molecular formula is C16H30O3Si3. The van der Waals surface area contributed by atoms with Crippen LogP contribution in [0.1, 0.15) is 40.5 Å². The van der Waals surface area contributed by atoms with Gasteiger partial charge in [-0.15, -0.1) is 0 Å². The van der Waals surface area contributed by atoms with Crippen molar-refractivity contribution >= 4 is 29.3 Å². The molecule has 0 amide bonds. The molecule has 3 nitrogen and oxygen atoms in total. The molecule has 0 spiro atoms. The Balaban J connectivity index is 1.76. The summed E-state index contributed by atoms with van der Waals surface area (Å²) < 4.78 is 17.9. The molecule has 124 valence electrons. The SMILES string of the molecule is CC(C)=C[SiH2]OC(O[SiH2]C=C(C)C)O[SiH2]C1CC2C=CC1C2. The van der Waals surface area contributed by atoms with Gasteiger partial charge in [0.25, 0.3) is 0 Å². The molecule has 0 radical (unpaired) electrons. The Morgan fingerprint density at radius 1 is 0.955 bits per heavy atom. The van der Waals surface area contributed by atoms with Gasteiger partial charge in [-0.05, 0) is 57.9 Å². The summed E-state index contributed by atoms with van der Waals surface area (Å²) in [6.45, 7) is 8.06. The van der Waals surface area contributed by atoms with Crippen LogP contribution >= 0.6 is 0 Å². The summed E-state index contributed by atoms with van der Waals surface area (Å²) in [5.41, 5.74) is 7.86. The highest BCUT2D eigenvalue weighted by atomic mass is 28.2. The first kappa shape index (κ1) is 18.1. The average molecular weight is 355 g/mol. The Hall–Kier alpha value is -0.249. The number of hydrogen-bond acceptors (Lipinski definition) is 3. The van der Waals surface area contributed by atoms with E-state index < -0.39 is 29.3 Å². The number of fused-ring (bicyclic) bond motifs is 2. The van der Waals surface area contributed by atoms with Crippen molar-refractivity contribution in [2.75, 3.05) is 0 Å². The quantitative estimate of drug-likeness (QED) is 0.359. The van der Waals surface area contributed by atoms with E-state index in [1.807, 2.05) is 0 Å². The van der Waals surface area contributed by atoms with Gasteiger partial charge in [-0.1, -0.05) is 34.7 Å². The van der Waals surface area contributed by atoms with Crippen LogP contribution in [0, 0.1) is 11.8 Å². The van der Waals surface area contributed by atoms with E-state index in [1.54, 1.807) is 0 Å². The summed E-state index contributed by atoms with van der Waals surface area (Å²) in [5.74, 6) is 1.61. The molecule has 0 saturated heterocycles. The second-order valence-electron chi connectivity index (χ2n) is 6.89. The minimum atomic E-state index is -0.685. The molecule has 0 heterocycles. The minimum absolute atomic E-state index is 0.390. The van der Waals surface area contributed by atoms with Gasteiger partial charge in [-0.3, -0.25) is 0 Å². The lowest BCUT2D eigenvalue weighted by Gasteiger charge is -2.23. The number of rotatable bonds is 9. The summed E-state index contributed by atoms with van der Waals surface area (Å²) in [6.07, 6.45) is 7.48. The molecule has 1 fully saturated rings. The monoisotopic (exact) mass is 354 g/mol. The molecule has 1 saturated carbocycles. The van der Waals surface area contributed by atoms with Crippen molar-refractivity contribution in [3.05, 3.63) is 34.7 Å². The predicted octanol–water partition coefficient (Wildman–Crippen LogP) is 1.80. The maximum absolute atomic E-state index is 6.11. The summed E-state index contributed by atoms with van der Waals surface area (Å²) in [7, 11) is -1.95. The van der Waals surface area contributed by atoms with Crippen LogP contribution in [-0.4, -0.2) is 35.8 Å². The van der Waals surface area contributed by atoms with Crippen LogP contribution in [0.25, 0.3) is 0 Å². The topological polar surface area (TPSA) is 27.7 Å². The van der Waals surface area contributed by atoms with Crippen molar-refractivity contribution in [2.45, 2.75) is 52.6 Å². The smallest absolute Gasteiger partial charge is 0.242 e. The average Bonchev–Trinajstić information content (AvgIpc) is 3.05. The summed E-state index contributed by atoms with van der Waals surface area (Å²) >= 11 is 0. The fraction of sp³-hybridized carbons (Fsp3) is 0.625. The molecule has 2 rings (SSSR count). The van der Waals surface area contributed by atoms with Crippen LogP contribution < -0.4 is 0 Å². The van der Waals surface area contributed by atoms with Gasteiger partial charge in [0.15, 0.2) is 29.3 Å². The minimum Gasteiger partial charge on any atom is -0.380 e. The molecule has 0 aromatic carbocycles. The van der Waals surface area contributed by atoms with Gasteiger partial charge in [0, 0.05) is 0 Å². The zero-order chi connectivity index (χ0) is 15.9. The van der Waals surface area contributed by atoms with Crippen molar-refractivity contribution in [1.29, 1.82) is 0 Å². The zero-order valence-electron chi connectivity index (χ0n) is 14.4. The van der Waals surface area contributed by atoms with E-state index in [0.29, 0.717) is 0 Å². The van der Waals surface area contributed by atoms with E-state index in [2.05, 4.69) is 51.2 Å². The highest BCUT2D eigenvalue weighted by Crippen LogP contribution is 2.46. The molecule has 3 atom stereocenters. The lowest BCUT2D eigenvalue weighted by Crippen LogP contribution is -2.28. The van der Waals surface area contributed by atoms with Crippen molar-refractivity contribution in [3.8, 4) is 0 Å². The fourth-order valence-corrected chi connectivity index (χ4v) is 6.91. The fourth-order valence-electron chi connectivity index (χ4n) is 3.02. The first-order chi connectivity index (χ1) is 10.5. The molecule has 2 aliphatic carbocycles. The molecule has 22 heavy (non-hydrogen) atoms. The zero-order valence-corrected chi connectivity index (χ0v) is 18.6. The van der Waals surface area contributed by atoms with E-state index in [0.717, 1.165) is 17.4 Å². The predicted molar refractivity (Wildman–Crippen MR) is 101 cm³/mol. The van der Waals surface area contributed by atoms with E-state index in [1.165, 1.54) is 24.0 Å². The first-order valence-corrected chi connectivity index (χ1v) is 12.5. The first-order valence-electron chi connectivity index (χ1n) is 8.34. The van der Waals surface area contributed by atoms with Crippen LogP contribution in [0.3, 0.4) is 0 Å². The van der Waals surface area contributed by atoms with E-state index >= 15 is 0 Å². The van der Waals surface area contributed by atoms with Gasteiger partial charge in [-0.2, -0.15) is 0 Å². The van der Waals surface area contributed by atoms with Crippen LogP contribution in [-0.2, 0) is 13.3 Å². The molecule has 0 aromatic heterocycles. The molecular weight excluding hydrogens is 324 g/mol. The molecule has 2 bridgehead atoms. The Labute approximate surface area is 142 Å². The molecule has 2 aliphatic rings. The number of hydrogen-bond donors (Lipinski definition) is 0. The van der Waals surface area contributed by atoms with Crippen molar-refractivity contribution in [1.82, 2.24) is 0 Å². The summed E-state index contributed by atoms with van der Waals surface area (Å²) in [6, 6.07) is 0. The van der Waals surface area contributed by atoms with Crippen LogP contribution in [0.4, 0.5) is 0 Å². The van der Waals surface area contributed by atoms with Gasteiger partial charge in [0.1, 0.15) is 0 Å². The van der Waals surface area contributed by atoms with Gasteiger partial charge < -0.3 is 13.3 Å². The summed E-state index contributed by atoms with van der Waals surface area (Å²) in [5, 5.41) is 0. The molecule has 6 heteroatoms. The van der Waals surface area contributed by atoms with Crippen LogP contribution in [0.2, 0.25) is 5.54 Å². The lowest BCUT2D eigenvalue weighted by molar-refractivity contribution is -0.139. The Kier molecular flexibility index (Phi) is 7.52. The Bertz CT molecular complexity index is 418. The van der Waals surface area contributed by atoms with E-state index in [4.69, 9.17) is 13.3 Å². The lowest BCUT2D eigenvalue weighted by atomic mass is 10.1. The largest absolute Gasteiger partial charge is 0.380 e. The van der Waals surface area contributed by atoms with Gasteiger partial charge in [0.05, 0.1) is 0 Å². The second-order valence-corrected chi connectivity index (χ2v) is 10.8. The van der Waals surface area contributed by atoms with Gasteiger partial charge in [0.2, 0.25) is 6.48 Å².